The molecule has 1 aliphatic rings. The third-order valence-corrected chi connectivity index (χ3v) is 3.65. The van der Waals surface area contributed by atoms with Gasteiger partial charge in [-0.2, -0.15) is 5.10 Å². The summed E-state index contributed by atoms with van der Waals surface area (Å²) in [6.45, 7) is 1.03. The normalized spacial score (nSPS) is 13.6. The van der Waals surface area contributed by atoms with E-state index < -0.39 is 0 Å². The third-order valence-electron chi connectivity index (χ3n) is 2.93. The van der Waals surface area contributed by atoms with Crippen LogP contribution in [0.3, 0.4) is 0 Å². The first-order chi connectivity index (χ1) is 7.75. The Morgan fingerprint density at radius 3 is 2.81 bits per heavy atom. The Morgan fingerprint density at radius 1 is 1.31 bits per heavy atom. The van der Waals surface area contributed by atoms with Gasteiger partial charge in [-0.05, 0) is 41.1 Å². The number of anilines is 1. The molecule has 16 heavy (non-hydrogen) atoms. The molecule has 0 unspecified atom stereocenters. The summed E-state index contributed by atoms with van der Waals surface area (Å²) in [6.07, 6.45) is 1.07. The number of rotatable bonds is 1. The number of benzene rings is 1. The molecule has 1 aromatic carbocycles. The minimum absolute atomic E-state index is 1.03. The predicted molar refractivity (Wildman–Crippen MR) is 73.6 cm³/mol. The number of fused-ring (bicyclic) bond motifs is 1. The van der Waals surface area contributed by atoms with Crippen LogP contribution in [-0.2, 0) is 13.5 Å². The van der Waals surface area contributed by atoms with Crippen molar-refractivity contribution >= 4 is 28.4 Å². The van der Waals surface area contributed by atoms with Crippen molar-refractivity contribution in [2.75, 3.05) is 11.9 Å². The Morgan fingerprint density at radius 2 is 2.06 bits per heavy atom. The quantitative estimate of drug-likeness (QED) is 0.817. The molecule has 3 nitrogen and oxygen atoms in total. The second kappa shape index (κ2) is 3.76. The molecule has 4 heteroatoms. The van der Waals surface area contributed by atoms with Gasteiger partial charge in [0, 0.05) is 28.3 Å². The van der Waals surface area contributed by atoms with Crippen LogP contribution < -0.4 is 5.32 Å². The van der Waals surface area contributed by atoms with Gasteiger partial charge in [0.15, 0.2) is 0 Å². The summed E-state index contributed by atoms with van der Waals surface area (Å²) in [5, 5.41) is 7.95. The molecule has 2 heterocycles. The molecular weight excluding hydrogens is 313 g/mol. The lowest BCUT2D eigenvalue weighted by molar-refractivity contribution is 0.775. The topological polar surface area (TPSA) is 29.9 Å². The average molecular weight is 325 g/mol. The van der Waals surface area contributed by atoms with Gasteiger partial charge in [-0.15, -0.1) is 0 Å². The lowest BCUT2D eigenvalue weighted by Gasteiger charge is -1.99. The summed E-state index contributed by atoms with van der Waals surface area (Å²) in [4.78, 5) is 0. The fourth-order valence-electron chi connectivity index (χ4n) is 2.17. The molecule has 0 bridgehead atoms. The van der Waals surface area contributed by atoms with Crippen LogP contribution in [0, 0.1) is 3.57 Å². The third kappa shape index (κ3) is 1.52. The lowest BCUT2D eigenvalue weighted by Crippen LogP contribution is -2.01. The highest BCUT2D eigenvalue weighted by atomic mass is 127. The van der Waals surface area contributed by atoms with Crippen LogP contribution in [0.1, 0.15) is 5.56 Å². The average Bonchev–Trinajstić information content (AvgIpc) is 2.84. The monoisotopic (exact) mass is 325 g/mol. The first-order valence-electron chi connectivity index (χ1n) is 5.31. The van der Waals surface area contributed by atoms with Crippen molar-refractivity contribution in [3.05, 3.63) is 33.4 Å². The van der Waals surface area contributed by atoms with Crippen molar-refractivity contribution in [3.63, 3.8) is 0 Å². The first kappa shape index (κ1) is 10.1. The summed E-state index contributed by atoms with van der Waals surface area (Å²) in [5.41, 5.74) is 3.68. The van der Waals surface area contributed by atoms with Crippen LogP contribution >= 0.6 is 22.6 Å². The SMILES string of the molecule is Cn1nc(-c2ccc(I)cc2)c2c1NCC2. The van der Waals surface area contributed by atoms with Crippen molar-refractivity contribution in [1.29, 1.82) is 0 Å². The molecule has 3 rings (SSSR count). The molecule has 0 aliphatic carbocycles. The van der Waals surface area contributed by atoms with E-state index in [1.54, 1.807) is 0 Å². The Labute approximate surface area is 108 Å². The summed E-state index contributed by atoms with van der Waals surface area (Å²) in [7, 11) is 1.99. The van der Waals surface area contributed by atoms with Crippen molar-refractivity contribution in [2.24, 2.45) is 7.05 Å². The number of aryl methyl sites for hydroxylation is 1. The van der Waals surface area contributed by atoms with Gasteiger partial charge in [-0.3, -0.25) is 4.68 Å². The summed E-state index contributed by atoms with van der Waals surface area (Å²) >= 11 is 2.32. The fourth-order valence-corrected chi connectivity index (χ4v) is 2.53. The van der Waals surface area contributed by atoms with E-state index in [1.165, 1.54) is 20.5 Å². The minimum atomic E-state index is 1.03. The highest BCUT2D eigenvalue weighted by Crippen LogP contribution is 2.32. The number of nitrogens with zero attached hydrogens (tertiary/aromatic N) is 2. The molecule has 1 aromatic heterocycles. The molecule has 2 aromatic rings. The number of hydrogen-bond donors (Lipinski definition) is 1. The number of halogens is 1. The van der Waals surface area contributed by atoms with Gasteiger partial charge in [0.1, 0.15) is 5.82 Å². The van der Waals surface area contributed by atoms with E-state index >= 15 is 0 Å². The molecule has 0 saturated carbocycles. The van der Waals surface area contributed by atoms with Crippen molar-refractivity contribution in [3.8, 4) is 11.3 Å². The van der Waals surface area contributed by atoms with E-state index in [0.717, 1.165) is 18.7 Å². The van der Waals surface area contributed by atoms with E-state index in [9.17, 15) is 0 Å². The van der Waals surface area contributed by atoms with Crippen LogP contribution in [0.25, 0.3) is 11.3 Å². The Balaban J connectivity index is 2.13. The van der Waals surface area contributed by atoms with Crippen molar-refractivity contribution in [1.82, 2.24) is 9.78 Å². The summed E-state index contributed by atoms with van der Waals surface area (Å²) < 4.78 is 3.20. The Bertz CT molecular complexity index is 528. The summed E-state index contributed by atoms with van der Waals surface area (Å²) in [6, 6.07) is 8.53. The lowest BCUT2D eigenvalue weighted by atomic mass is 10.1. The molecule has 82 valence electrons. The largest absolute Gasteiger partial charge is 0.370 e. The van der Waals surface area contributed by atoms with E-state index in [4.69, 9.17) is 0 Å². The zero-order chi connectivity index (χ0) is 11.1. The van der Waals surface area contributed by atoms with Crippen molar-refractivity contribution < 1.29 is 0 Å². The number of aromatic nitrogens is 2. The maximum absolute atomic E-state index is 4.58. The number of hydrogen-bond acceptors (Lipinski definition) is 2. The highest BCUT2D eigenvalue weighted by molar-refractivity contribution is 14.1. The molecule has 0 saturated heterocycles. The van der Waals surface area contributed by atoms with Gasteiger partial charge in [-0.1, -0.05) is 12.1 Å². The smallest absolute Gasteiger partial charge is 0.127 e. The molecule has 1 aliphatic heterocycles. The predicted octanol–water partition coefficient (Wildman–Crippen LogP) is 2.66. The van der Waals surface area contributed by atoms with Crippen LogP contribution in [0.4, 0.5) is 5.82 Å². The first-order valence-corrected chi connectivity index (χ1v) is 6.39. The van der Waals surface area contributed by atoms with Gasteiger partial charge in [0.2, 0.25) is 0 Å². The maximum atomic E-state index is 4.58. The Kier molecular flexibility index (Phi) is 2.38. The second-order valence-corrected chi connectivity index (χ2v) is 5.23. The zero-order valence-electron chi connectivity index (χ0n) is 9.00. The summed E-state index contributed by atoms with van der Waals surface area (Å²) in [5.74, 6) is 1.17. The van der Waals surface area contributed by atoms with E-state index in [0.29, 0.717) is 0 Å². The van der Waals surface area contributed by atoms with Crippen LogP contribution in [-0.4, -0.2) is 16.3 Å². The molecule has 0 spiro atoms. The second-order valence-electron chi connectivity index (χ2n) is 3.98. The minimum Gasteiger partial charge on any atom is -0.370 e. The molecule has 0 radical (unpaired) electrons. The van der Waals surface area contributed by atoms with Gasteiger partial charge in [0.05, 0.1) is 5.69 Å². The van der Waals surface area contributed by atoms with E-state index in [-0.39, 0.29) is 0 Å². The maximum Gasteiger partial charge on any atom is 0.127 e. The molecule has 0 fully saturated rings. The zero-order valence-corrected chi connectivity index (χ0v) is 11.2. The van der Waals surface area contributed by atoms with Gasteiger partial charge < -0.3 is 5.32 Å². The standard InChI is InChI=1S/C12H12IN3/c1-16-12-10(6-7-14-12)11(15-16)8-2-4-9(13)5-3-8/h2-5,14H,6-7H2,1H3. The number of nitrogens with one attached hydrogen (secondary N) is 1. The molecule has 0 atom stereocenters. The molecule has 0 amide bonds. The van der Waals surface area contributed by atoms with Crippen LogP contribution in [0.15, 0.2) is 24.3 Å². The van der Waals surface area contributed by atoms with E-state index in [2.05, 4.69) is 57.3 Å². The van der Waals surface area contributed by atoms with Gasteiger partial charge >= 0.3 is 0 Å². The van der Waals surface area contributed by atoms with Crippen molar-refractivity contribution in [2.45, 2.75) is 6.42 Å². The molecular formula is C12H12IN3. The van der Waals surface area contributed by atoms with E-state index in [1.807, 2.05) is 11.7 Å². The Hall–Kier alpha value is -1.04. The van der Waals surface area contributed by atoms with Crippen LogP contribution in [0.5, 0.6) is 0 Å². The molecule has 1 N–H and O–H groups in total. The van der Waals surface area contributed by atoms with Gasteiger partial charge in [-0.25, -0.2) is 0 Å². The fraction of sp³-hybridized carbons (Fsp3) is 0.250. The van der Waals surface area contributed by atoms with Gasteiger partial charge in [0.25, 0.3) is 0 Å². The van der Waals surface area contributed by atoms with Crippen LogP contribution in [0.2, 0.25) is 0 Å². The highest BCUT2D eigenvalue weighted by Gasteiger charge is 2.21.